The molecule has 1 spiro atoms. The van der Waals surface area contributed by atoms with Crippen LogP contribution in [0.5, 0.6) is 0 Å². The second-order valence-corrected chi connectivity index (χ2v) is 10.3. The van der Waals surface area contributed by atoms with Crippen molar-refractivity contribution in [1.82, 2.24) is 4.90 Å². The number of hydrogen-bond acceptors (Lipinski definition) is 6. The third-order valence-electron chi connectivity index (χ3n) is 7.93. The predicted molar refractivity (Wildman–Crippen MR) is 140 cm³/mol. The van der Waals surface area contributed by atoms with Crippen molar-refractivity contribution in [2.45, 2.75) is 63.7 Å². The number of rotatable bonds is 12. The van der Waals surface area contributed by atoms with Crippen LogP contribution in [-0.2, 0) is 23.9 Å². The largest absolute Gasteiger partial charge is 0.465 e. The minimum atomic E-state index is -1.13. The highest BCUT2D eigenvalue weighted by Gasteiger charge is 2.75. The minimum absolute atomic E-state index is 0.0143. The first-order valence-corrected chi connectivity index (χ1v) is 13.2. The van der Waals surface area contributed by atoms with Gasteiger partial charge in [0.05, 0.1) is 31.2 Å². The van der Waals surface area contributed by atoms with E-state index in [1.807, 2.05) is 38.1 Å². The second-order valence-electron chi connectivity index (χ2n) is 10.3. The average molecular weight is 511 g/mol. The van der Waals surface area contributed by atoms with Crippen molar-refractivity contribution in [3.8, 4) is 0 Å². The molecule has 2 unspecified atom stereocenters. The van der Waals surface area contributed by atoms with Crippen molar-refractivity contribution in [2.24, 2.45) is 11.8 Å². The summed E-state index contributed by atoms with van der Waals surface area (Å²) >= 11 is 0. The average Bonchev–Trinajstić information content (AvgIpc) is 3.51. The fraction of sp³-hybridized carbons (Fsp3) is 0.552. The molecule has 3 aliphatic heterocycles. The molecule has 1 aromatic carbocycles. The van der Waals surface area contributed by atoms with Gasteiger partial charge >= 0.3 is 5.97 Å². The topological polar surface area (TPSA) is 96.4 Å². The van der Waals surface area contributed by atoms with Crippen molar-refractivity contribution in [3.63, 3.8) is 0 Å². The van der Waals surface area contributed by atoms with E-state index < -0.39 is 35.6 Å². The number of aliphatic hydroxyl groups is 1. The molecule has 5 atom stereocenters. The van der Waals surface area contributed by atoms with Gasteiger partial charge in [-0.05, 0) is 63.1 Å². The molecule has 0 aromatic heterocycles. The lowest BCUT2D eigenvalue weighted by Gasteiger charge is -2.37. The summed E-state index contributed by atoms with van der Waals surface area (Å²) in [6, 6.07) is 4.93. The Balaban J connectivity index is 1.66. The van der Waals surface area contributed by atoms with Gasteiger partial charge in [-0.1, -0.05) is 24.3 Å². The fourth-order valence-electron chi connectivity index (χ4n) is 6.30. The van der Waals surface area contributed by atoms with Gasteiger partial charge in [-0.15, -0.1) is 13.2 Å². The number of fused-ring (bicyclic) bond motifs is 1. The van der Waals surface area contributed by atoms with Gasteiger partial charge in [0.15, 0.2) is 0 Å². The number of aryl methyl sites for hydroxylation is 2. The third kappa shape index (κ3) is 4.73. The van der Waals surface area contributed by atoms with Crippen molar-refractivity contribution in [2.75, 3.05) is 31.2 Å². The van der Waals surface area contributed by atoms with E-state index in [9.17, 15) is 19.5 Å². The Morgan fingerprint density at radius 2 is 2.05 bits per heavy atom. The molecule has 1 aromatic rings. The van der Waals surface area contributed by atoms with Crippen molar-refractivity contribution in [1.29, 1.82) is 0 Å². The fourth-order valence-corrected chi connectivity index (χ4v) is 6.30. The quantitative estimate of drug-likeness (QED) is 0.264. The number of β-amino-alcohol motifs (C(OH)–C–C–N with tert-alkyl or cyclic N) is 1. The smallest absolute Gasteiger partial charge is 0.312 e. The number of nitrogens with zero attached hydrogens (tertiary/aromatic N) is 2. The van der Waals surface area contributed by atoms with Gasteiger partial charge < -0.3 is 24.4 Å². The molecule has 2 amide bonds. The summed E-state index contributed by atoms with van der Waals surface area (Å²) in [6.07, 6.45) is 6.50. The van der Waals surface area contributed by atoms with Crippen LogP contribution in [0, 0.1) is 25.7 Å². The Labute approximate surface area is 218 Å². The third-order valence-corrected chi connectivity index (χ3v) is 7.93. The number of carbonyl (C=O) groups excluding carboxylic acids is 3. The minimum Gasteiger partial charge on any atom is -0.465 e. The highest BCUT2D eigenvalue weighted by molar-refractivity contribution is 6.05. The van der Waals surface area contributed by atoms with Crippen LogP contribution in [0.15, 0.2) is 43.5 Å². The van der Waals surface area contributed by atoms with Crippen molar-refractivity contribution >= 4 is 23.5 Å². The number of hydrogen-bond donors (Lipinski definition) is 1. The lowest BCUT2D eigenvalue weighted by atomic mass is 9.70. The van der Waals surface area contributed by atoms with E-state index in [-0.39, 0.29) is 38.1 Å². The van der Waals surface area contributed by atoms with Crippen LogP contribution in [-0.4, -0.2) is 71.8 Å². The second kappa shape index (κ2) is 11.2. The number of aliphatic hydroxyl groups excluding tert-OH is 1. The molecular formula is C29H38N2O6. The number of carbonyl (C=O) groups is 3. The monoisotopic (exact) mass is 510 g/mol. The highest BCUT2D eigenvalue weighted by Crippen LogP contribution is 2.58. The summed E-state index contributed by atoms with van der Waals surface area (Å²) in [5, 5.41) is 9.80. The molecule has 200 valence electrons. The first kappa shape index (κ1) is 27.1. The van der Waals surface area contributed by atoms with E-state index in [0.29, 0.717) is 19.3 Å². The van der Waals surface area contributed by atoms with Crippen LogP contribution in [0.3, 0.4) is 0 Å². The van der Waals surface area contributed by atoms with Crippen LogP contribution in [0.25, 0.3) is 0 Å². The van der Waals surface area contributed by atoms with E-state index in [4.69, 9.17) is 9.47 Å². The molecule has 8 nitrogen and oxygen atoms in total. The molecular weight excluding hydrogens is 472 g/mol. The van der Waals surface area contributed by atoms with E-state index in [0.717, 1.165) is 29.7 Å². The van der Waals surface area contributed by atoms with Crippen LogP contribution in [0.1, 0.15) is 43.2 Å². The number of benzene rings is 1. The van der Waals surface area contributed by atoms with E-state index >= 15 is 0 Å². The number of esters is 1. The lowest BCUT2D eigenvalue weighted by molar-refractivity contribution is -0.155. The van der Waals surface area contributed by atoms with Gasteiger partial charge in [-0.2, -0.15) is 0 Å². The normalized spacial score (nSPS) is 27.8. The lowest BCUT2D eigenvalue weighted by Crippen LogP contribution is -2.57. The molecule has 3 saturated heterocycles. The van der Waals surface area contributed by atoms with Crippen molar-refractivity contribution < 1.29 is 29.0 Å². The summed E-state index contributed by atoms with van der Waals surface area (Å²) in [4.78, 5) is 44.3. The molecule has 0 radical (unpaired) electrons. The zero-order valence-electron chi connectivity index (χ0n) is 21.9. The molecule has 0 aliphatic carbocycles. The summed E-state index contributed by atoms with van der Waals surface area (Å²) in [5.74, 6) is -2.64. The van der Waals surface area contributed by atoms with E-state index in [1.54, 1.807) is 11.0 Å². The zero-order valence-corrected chi connectivity index (χ0v) is 21.9. The van der Waals surface area contributed by atoms with E-state index in [1.165, 1.54) is 4.90 Å². The number of likely N-dealkylation sites (tertiary alicyclic amines) is 1. The summed E-state index contributed by atoms with van der Waals surface area (Å²) in [6.45, 7) is 11.6. The Morgan fingerprint density at radius 3 is 2.76 bits per heavy atom. The zero-order chi connectivity index (χ0) is 26.7. The number of allylic oxidation sites excluding steroid dienone is 1. The van der Waals surface area contributed by atoms with Gasteiger partial charge in [-0.25, -0.2) is 0 Å². The molecule has 1 N–H and O–H groups in total. The molecule has 4 rings (SSSR count). The van der Waals surface area contributed by atoms with Gasteiger partial charge in [0.2, 0.25) is 5.91 Å². The van der Waals surface area contributed by atoms with Gasteiger partial charge in [0.1, 0.15) is 11.6 Å². The molecule has 37 heavy (non-hydrogen) atoms. The first-order chi connectivity index (χ1) is 17.8. The number of amides is 2. The summed E-state index contributed by atoms with van der Waals surface area (Å²) < 4.78 is 12.0. The number of unbranched alkanes of at least 4 members (excludes halogenated alkanes) is 2. The molecule has 8 heteroatoms. The molecule has 0 saturated carbocycles. The van der Waals surface area contributed by atoms with E-state index in [2.05, 4.69) is 13.2 Å². The maximum atomic E-state index is 14.3. The number of ether oxygens (including phenoxy) is 2. The summed E-state index contributed by atoms with van der Waals surface area (Å²) in [7, 11) is 0. The Morgan fingerprint density at radius 1 is 1.27 bits per heavy atom. The SMILES string of the molecule is C=CCCCCOC(=O)[C@@H]1[C@H]2C(=O)N(CCO)C(C(=O)N(CC=C)c3cc(C)ccc3C)C23CC[C@H]1O3. The van der Waals surface area contributed by atoms with Gasteiger partial charge in [0.25, 0.3) is 5.91 Å². The predicted octanol–water partition coefficient (Wildman–Crippen LogP) is 3.09. The Kier molecular flexibility index (Phi) is 8.19. The molecule has 3 aliphatic rings. The summed E-state index contributed by atoms with van der Waals surface area (Å²) in [5.41, 5.74) is 1.53. The maximum absolute atomic E-state index is 14.3. The van der Waals surface area contributed by atoms with Gasteiger partial charge in [-0.3, -0.25) is 14.4 Å². The molecule has 3 fully saturated rings. The van der Waals surface area contributed by atoms with Gasteiger partial charge in [0, 0.05) is 18.8 Å². The van der Waals surface area contributed by atoms with Crippen LogP contribution in [0.2, 0.25) is 0 Å². The standard InChI is InChI=1S/C29H38N2O6/c1-5-7-8-9-17-36-28(35)23-22-12-13-29(37-22)24(23)26(33)31(15-16-32)25(29)27(34)30(14-6-2)21-18-19(3)10-11-20(21)4/h5-6,10-11,18,22-25,32H,1-2,7-9,12-17H2,3-4H3/t22-,23+,24+,25?,29?/m1/s1. The molecule has 3 heterocycles. The van der Waals surface area contributed by atoms with Crippen LogP contribution < -0.4 is 4.90 Å². The maximum Gasteiger partial charge on any atom is 0.312 e. The van der Waals surface area contributed by atoms with Crippen LogP contribution in [0.4, 0.5) is 5.69 Å². The van der Waals surface area contributed by atoms with Crippen LogP contribution >= 0.6 is 0 Å². The first-order valence-electron chi connectivity index (χ1n) is 13.2. The van der Waals surface area contributed by atoms with Crippen molar-refractivity contribution in [3.05, 3.63) is 54.6 Å². The number of anilines is 1. The Bertz CT molecular complexity index is 1070. The highest BCUT2D eigenvalue weighted by atomic mass is 16.6. The Hall–Kier alpha value is -2.97. The molecule has 2 bridgehead atoms.